The van der Waals surface area contributed by atoms with Crippen molar-refractivity contribution in [3.05, 3.63) is 35.4 Å². The van der Waals surface area contributed by atoms with Crippen molar-refractivity contribution in [2.75, 3.05) is 13.1 Å². The number of hydrogen-bond acceptors (Lipinski definition) is 2. The molecule has 0 spiro atoms. The normalized spacial score (nSPS) is 20.3. The Morgan fingerprint density at radius 2 is 1.94 bits per heavy atom. The smallest absolute Gasteiger partial charge is 0.0712 e. The lowest BCUT2D eigenvalue weighted by Gasteiger charge is -2.40. The molecule has 2 rings (SSSR count). The van der Waals surface area contributed by atoms with E-state index in [1.54, 1.807) is 0 Å². The summed E-state index contributed by atoms with van der Waals surface area (Å²) in [5, 5.41) is 10.7. The van der Waals surface area contributed by atoms with Gasteiger partial charge in [-0.2, -0.15) is 0 Å². The molecule has 0 aromatic heterocycles. The highest BCUT2D eigenvalue weighted by molar-refractivity contribution is 5.23. The minimum absolute atomic E-state index is 0.501. The summed E-state index contributed by atoms with van der Waals surface area (Å²) in [5.74, 6) is 0. The first kappa shape index (κ1) is 13.6. The summed E-state index contributed by atoms with van der Waals surface area (Å²) in [6.45, 7) is 8.59. The van der Waals surface area contributed by atoms with Crippen LogP contribution in [-0.2, 0) is 6.42 Å². The average Bonchev–Trinajstić information content (AvgIpc) is 2.29. The fourth-order valence-electron chi connectivity index (χ4n) is 2.84. The lowest BCUT2D eigenvalue weighted by atomic mass is 9.85. The van der Waals surface area contributed by atoms with Gasteiger partial charge in [-0.1, -0.05) is 29.8 Å². The second-order valence-corrected chi connectivity index (χ2v) is 6.02. The van der Waals surface area contributed by atoms with E-state index in [1.807, 2.05) is 0 Å². The van der Waals surface area contributed by atoms with Gasteiger partial charge in [-0.15, -0.1) is 0 Å². The molecule has 0 aliphatic carbocycles. The van der Waals surface area contributed by atoms with Gasteiger partial charge in [0.15, 0.2) is 0 Å². The van der Waals surface area contributed by atoms with Gasteiger partial charge in [0.25, 0.3) is 0 Å². The Morgan fingerprint density at radius 1 is 1.28 bits per heavy atom. The third-order valence-electron chi connectivity index (χ3n) is 4.07. The number of aryl methyl sites for hydroxylation is 1. The second kappa shape index (κ2) is 5.41. The van der Waals surface area contributed by atoms with Crippen molar-refractivity contribution < 1.29 is 5.11 Å². The fraction of sp³-hybridized carbons (Fsp3) is 0.625. The molecule has 0 atom stereocenters. The highest BCUT2D eigenvalue weighted by atomic mass is 16.3. The standard InChI is InChI=1S/C16H25NO/c1-13(2)17-9-7-16(18,8-10-17)12-15-6-4-5-14(3)11-15/h4-6,11,13,18H,7-10,12H2,1-3H3. The van der Waals surface area contributed by atoms with Gasteiger partial charge in [0.2, 0.25) is 0 Å². The van der Waals surface area contributed by atoms with Crippen molar-refractivity contribution in [1.82, 2.24) is 4.90 Å². The molecule has 0 unspecified atom stereocenters. The van der Waals surface area contributed by atoms with Crippen molar-refractivity contribution in [3.8, 4) is 0 Å². The van der Waals surface area contributed by atoms with Crippen LogP contribution in [0.2, 0.25) is 0 Å². The van der Waals surface area contributed by atoms with Crippen LogP contribution in [0.5, 0.6) is 0 Å². The topological polar surface area (TPSA) is 23.5 Å². The third-order valence-corrected chi connectivity index (χ3v) is 4.07. The molecule has 0 bridgehead atoms. The van der Waals surface area contributed by atoms with Gasteiger partial charge in [-0.05, 0) is 39.2 Å². The van der Waals surface area contributed by atoms with Crippen LogP contribution in [0.15, 0.2) is 24.3 Å². The molecule has 18 heavy (non-hydrogen) atoms. The quantitative estimate of drug-likeness (QED) is 0.888. The molecule has 2 nitrogen and oxygen atoms in total. The molecule has 1 aromatic rings. The highest BCUT2D eigenvalue weighted by Crippen LogP contribution is 2.27. The molecule has 0 radical (unpaired) electrons. The van der Waals surface area contributed by atoms with Crippen LogP contribution < -0.4 is 0 Å². The van der Waals surface area contributed by atoms with Crippen LogP contribution in [0.3, 0.4) is 0 Å². The lowest BCUT2D eigenvalue weighted by molar-refractivity contribution is -0.0271. The van der Waals surface area contributed by atoms with Gasteiger partial charge in [0, 0.05) is 25.6 Å². The van der Waals surface area contributed by atoms with Crippen LogP contribution >= 0.6 is 0 Å². The van der Waals surface area contributed by atoms with Crippen LogP contribution in [0, 0.1) is 6.92 Å². The lowest BCUT2D eigenvalue weighted by Crippen LogP contribution is -2.47. The summed E-state index contributed by atoms with van der Waals surface area (Å²) in [7, 11) is 0. The summed E-state index contributed by atoms with van der Waals surface area (Å²) < 4.78 is 0. The number of nitrogens with zero attached hydrogens (tertiary/aromatic N) is 1. The summed E-state index contributed by atoms with van der Waals surface area (Å²) >= 11 is 0. The van der Waals surface area contributed by atoms with Gasteiger partial charge in [-0.3, -0.25) is 0 Å². The molecule has 1 N–H and O–H groups in total. The number of likely N-dealkylation sites (tertiary alicyclic amines) is 1. The summed E-state index contributed by atoms with van der Waals surface area (Å²) in [6, 6.07) is 9.09. The molecule has 100 valence electrons. The largest absolute Gasteiger partial charge is 0.389 e. The Kier molecular flexibility index (Phi) is 4.08. The molecule has 1 aliphatic rings. The molecule has 1 fully saturated rings. The number of piperidine rings is 1. The first-order valence-electron chi connectivity index (χ1n) is 7.00. The number of benzene rings is 1. The van der Waals surface area contributed by atoms with E-state index in [1.165, 1.54) is 11.1 Å². The summed E-state index contributed by atoms with van der Waals surface area (Å²) in [4.78, 5) is 2.45. The van der Waals surface area contributed by atoms with Crippen molar-refractivity contribution in [2.24, 2.45) is 0 Å². The zero-order valence-corrected chi connectivity index (χ0v) is 11.8. The Balaban J connectivity index is 1.97. The Labute approximate surface area is 111 Å². The van der Waals surface area contributed by atoms with E-state index in [4.69, 9.17) is 0 Å². The molecule has 1 saturated heterocycles. The Morgan fingerprint density at radius 3 is 2.50 bits per heavy atom. The summed E-state index contributed by atoms with van der Waals surface area (Å²) in [5.41, 5.74) is 2.03. The minimum Gasteiger partial charge on any atom is -0.389 e. The van der Waals surface area contributed by atoms with E-state index < -0.39 is 5.60 Å². The SMILES string of the molecule is Cc1cccc(CC2(O)CCN(C(C)C)CC2)c1. The van der Waals surface area contributed by atoms with Crippen molar-refractivity contribution in [1.29, 1.82) is 0 Å². The second-order valence-electron chi connectivity index (χ2n) is 6.02. The van der Waals surface area contributed by atoms with E-state index in [-0.39, 0.29) is 0 Å². The maximum atomic E-state index is 10.7. The van der Waals surface area contributed by atoms with E-state index >= 15 is 0 Å². The van der Waals surface area contributed by atoms with Crippen LogP contribution in [0.1, 0.15) is 37.8 Å². The fourth-order valence-corrected chi connectivity index (χ4v) is 2.84. The van der Waals surface area contributed by atoms with Gasteiger partial charge < -0.3 is 10.0 Å². The molecule has 1 aromatic carbocycles. The van der Waals surface area contributed by atoms with Crippen molar-refractivity contribution in [2.45, 2.75) is 51.7 Å². The van der Waals surface area contributed by atoms with Gasteiger partial charge in [0.05, 0.1) is 5.60 Å². The van der Waals surface area contributed by atoms with Crippen LogP contribution in [-0.4, -0.2) is 34.7 Å². The number of rotatable bonds is 3. The maximum absolute atomic E-state index is 10.7. The average molecular weight is 247 g/mol. The Hall–Kier alpha value is -0.860. The monoisotopic (exact) mass is 247 g/mol. The minimum atomic E-state index is -0.501. The van der Waals surface area contributed by atoms with E-state index in [2.05, 4.69) is 49.9 Å². The zero-order valence-electron chi connectivity index (χ0n) is 11.8. The van der Waals surface area contributed by atoms with Gasteiger partial charge in [0.1, 0.15) is 0 Å². The molecule has 1 heterocycles. The molecular weight excluding hydrogens is 222 g/mol. The van der Waals surface area contributed by atoms with Gasteiger partial charge in [-0.25, -0.2) is 0 Å². The molecule has 0 saturated carbocycles. The summed E-state index contributed by atoms with van der Waals surface area (Å²) in [6.07, 6.45) is 2.57. The van der Waals surface area contributed by atoms with Crippen molar-refractivity contribution in [3.63, 3.8) is 0 Å². The van der Waals surface area contributed by atoms with E-state index in [0.717, 1.165) is 32.4 Å². The van der Waals surface area contributed by atoms with Gasteiger partial charge >= 0.3 is 0 Å². The number of hydrogen-bond donors (Lipinski definition) is 1. The molecular formula is C16H25NO. The third kappa shape index (κ3) is 3.33. The first-order chi connectivity index (χ1) is 8.48. The zero-order chi connectivity index (χ0) is 13.2. The Bertz CT molecular complexity index is 392. The molecule has 2 heteroatoms. The van der Waals surface area contributed by atoms with Crippen LogP contribution in [0.4, 0.5) is 0 Å². The van der Waals surface area contributed by atoms with Crippen LogP contribution in [0.25, 0.3) is 0 Å². The molecule has 0 amide bonds. The van der Waals surface area contributed by atoms with E-state index in [9.17, 15) is 5.11 Å². The predicted molar refractivity (Wildman–Crippen MR) is 75.8 cm³/mol. The van der Waals surface area contributed by atoms with Crippen molar-refractivity contribution >= 4 is 0 Å². The predicted octanol–water partition coefficient (Wildman–Crippen LogP) is 2.77. The number of aliphatic hydroxyl groups is 1. The first-order valence-corrected chi connectivity index (χ1v) is 7.00. The maximum Gasteiger partial charge on any atom is 0.0712 e. The highest BCUT2D eigenvalue weighted by Gasteiger charge is 2.32. The van der Waals surface area contributed by atoms with E-state index in [0.29, 0.717) is 6.04 Å². The molecule has 1 aliphatic heterocycles.